The SMILES string of the molecule is CN(C)C[C@H]1O[C@H](O[C@@H]2[C@@H](O)[C@H](O[C@H]3O[C@H](CN)[C@@H](O)[C@H](O)[C@H]3N)[C@@H](N)C[C@H]2N)[C@H](O)[C@@H](N)[C@@H]1O. The van der Waals surface area contributed by atoms with Gasteiger partial charge in [-0.1, -0.05) is 0 Å². The van der Waals surface area contributed by atoms with Crippen LogP contribution in [0, 0.1) is 0 Å². The van der Waals surface area contributed by atoms with Crippen molar-refractivity contribution in [2.75, 3.05) is 27.2 Å². The Balaban J connectivity index is 1.73. The number of aliphatic hydroxyl groups is 5. The molecule has 3 aliphatic rings. The molecule has 0 aromatic carbocycles. The first kappa shape index (κ1) is 29.0. The molecule has 2 heterocycles. The molecule has 2 aliphatic heterocycles. The molecule has 0 aromatic heterocycles. The normalized spacial score (nSPS) is 51.5. The second-order valence-corrected chi connectivity index (χ2v) is 9.96. The highest BCUT2D eigenvalue weighted by molar-refractivity contribution is 5.01. The minimum atomic E-state index is -1.41. The van der Waals surface area contributed by atoms with Crippen LogP contribution < -0.4 is 28.7 Å². The van der Waals surface area contributed by atoms with Crippen LogP contribution in [-0.4, -0.2) is 149 Å². The number of nitrogens with zero attached hydrogens (tertiary/aromatic N) is 1. The lowest BCUT2D eigenvalue weighted by Crippen LogP contribution is -2.69. The van der Waals surface area contributed by atoms with Crippen LogP contribution in [-0.2, 0) is 18.9 Å². The van der Waals surface area contributed by atoms with E-state index in [1.54, 1.807) is 19.0 Å². The van der Waals surface area contributed by atoms with Gasteiger partial charge in [-0.05, 0) is 20.5 Å². The zero-order valence-electron chi connectivity index (χ0n) is 20.0. The van der Waals surface area contributed by atoms with Crippen LogP contribution in [0.15, 0.2) is 0 Å². The summed E-state index contributed by atoms with van der Waals surface area (Å²) in [5, 5.41) is 52.3. The molecule has 15 N–H and O–H groups in total. The third-order valence-electron chi connectivity index (χ3n) is 6.93. The van der Waals surface area contributed by atoms with Gasteiger partial charge in [0.05, 0.1) is 18.2 Å². The topological polar surface area (TPSA) is 271 Å². The van der Waals surface area contributed by atoms with Crippen molar-refractivity contribution < 1.29 is 44.5 Å². The van der Waals surface area contributed by atoms with Gasteiger partial charge in [-0.3, -0.25) is 0 Å². The number of ether oxygens (including phenoxy) is 4. The average Bonchev–Trinajstić information content (AvgIpc) is 2.80. The molecule has 0 radical (unpaired) electrons. The molecule has 0 aromatic rings. The Kier molecular flexibility index (Phi) is 9.80. The predicted molar refractivity (Wildman–Crippen MR) is 121 cm³/mol. The van der Waals surface area contributed by atoms with Crippen LogP contribution in [0.25, 0.3) is 0 Å². The van der Waals surface area contributed by atoms with Gasteiger partial charge >= 0.3 is 0 Å². The molecule has 3 fully saturated rings. The van der Waals surface area contributed by atoms with Gasteiger partial charge < -0.3 is 78.0 Å². The van der Waals surface area contributed by atoms with Gasteiger partial charge in [0.15, 0.2) is 12.6 Å². The van der Waals surface area contributed by atoms with E-state index in [0.29, 0.717) is 6.54 Å². The molecule has 15 nitrogen and oxygen atoms in total. The van der Waals surface area contributed by atoms with E-state index in [4.69, 9.17) is 47.6 Å². The molecule has 0 spiro atoms. The summed E-state index contributed by atoms with van der Waals surface area (Å²) >= 11 is 0. The first-order chi connectivity index (χ1) is 16.4. The molecule has 2 saturated heterocycles. The second kappa shape index (κ2) is 11.8. The minimum absolute atomic E-state index is 0.0994. The Morgan fingerprint density at radius 3 is 1.80 bits per heavy atom. The van der Waals surface area contributed by atoms with Crippen LogP contribution >= 0.6 is 0 Å². The molecular formula is C20H42N6O9. The number of hydrogen-bond acceptors (Lipinski definition) is 15. The van der Waals surface area contributed by atoms with Crippen molar-refractivity contribution in [1.82, 2.24) is 4.90 Å². The highest BCUT2D eigenvalue weighted by Gasteiger charge is 2.51. The summed E-state index contributed by atoms with van der Waals surface area (Å²) < 4.78 is 23.1. The van der Waals surface area contributed by atoms with E-state index in [0.717, 1.165) is 0 Å². The van der Waals surface area contributed by atoms with Gasteiger partial charge in [0.1, 0.15) is 48.8 Å². The maximum Gasteiger partial charge on any atom is 0.186 e. The monoisotopic (exact) mass is 510 g/mol. The first-order valence-electron chi connectivity index (χ1n) is 11.8. The lowest BCUT2D eigenvalue weighted by Gasteiger charge is -2.48. The lowest BCUT2D eigenvalue weighted by molar-refractivity contribution is -0.317. The Hall–Kier alpha value is -0.600. The summed E-state index contributed by atoms with van der Waals surface area (Å²) in [6.45, 7) is 0.211. The Morgan fingerprint density at radius 2 is 1.26 bits per heavy atom. The van der Waals surface area contributed by atoms with Crippen molar-refractivity contribution in [2.45, 2.75) is 98.1 Å². The number of hydrogen-bond donors (Lipinski definition) is 10. The van der Waals surface area contributed by atoms with Crippen molar-refractivity contribution in [3.63, 3.8) is 0 Å². The van der Waals surface area contributed by atoms with Crippen LogP contribution in [0.1, 0.15) is 6.42 Å². The molecule has 1 aliphatic carbocycles. The summed E-state index contributed by atoms with van der Waals surface area (Å²) in [4.78, 5) is 1.78. The minimum Gasteiger partial charge on any atom is -0.389 e. The van der Waals surface area contributed by atoms with E-state index in [2.05, 4.69) is 0 Å². The fourth-order valence-electron chi connectivity index (χ4n) is 4.81. The van der Waals surface area contributed by atoms with Crippen molar-refractivity contribution in [2.24, 2.45) is 28.7 Å². The molecular weight excluding hydrogens is 468 g/mol. The number of nitrogens with two attached hydrogens (primary N) is 5. The van der Waals surface area contributed by atoms with Crippen molar-refractivity contribution in [3.8, 4) is 0 Å². The Labute approximate surface area is 204 Å². The lowest BCUT2D eigenvalue weighted by atomic mass is 9.84. The standard InChI is InChI=1S/C20H42N6O9/c1-26(2)5-9-12(27)10(24)15(30)20(33-9)35-18-7(23)3-6(22)17(16(18)31)34-19-11(25)14(29)13(28)8(4-21)32-19/h6-20,27-31H,3-5,21-25H2,1-2H3/t6-,7+,8+,9+,10-,11+,12+,13+,14+,15+,16-,17+,18-,19+,20+/m0/s1. The number of aliphatic hydroxyl groups excluding tert-OH is 5. The van der Waals surface area contributed by atoms with Gasteiger partial charge in [-0.2, -0.15) is 0 Å². The van der Waals surface area contributed by atoms with Crippen molar-refractivity contribution >= 4 is 0 Å². The fraction of sp³-hybridized carbons (Fsp3) is 1.00. The van der Waals surface area contributed by atoms with E-state index < -0.39 is 91.7 Å². The van der Waals surface area contributed by atoms with Gasteiger partial charge in [-0.25, -0.2) is 0 Å². The molecule has 1 saturated carbocycles. The summed E-state index contributed by atoms with van der Waals surface area (Å²) in [6, 6.07) is -3.70. The Bertz CT molecular complexity index is 681. The summed E-state index contributed by atoms with van der Waals surface area (Å²) in [7, 11) is 3.58. The quantitative estimate of drug-likeness (QED) is 0.152. The molecule has 15 atom stereocenters. The van der Waals surface area contributed by atoms with Crippen LogP contribution in [0.5, 0.6) is 0 Å². The molecule has 0 bridgehead atoms. The number of likely N-dealkylation sites (N-methyl/N-ethyl adjacent to an activating group) is 1. The molecule has 3 rings (SSSR count). The highest BCUT2D eigenvalue weighted by atomic mass is 16.7. The van der Waals surface area contributed by atoms with Crippen molar-refractivity contribution in [1.29, 1.82) is 0 Å². The molecule has 206 valence electrons. The summed E-state index contributed by atoms with van der Waals surface area (Å²) in [5.74, 6) is 0. The number of rotatable bonds is 7. The van der Waals surface area contributed by atoms with Crippen molar-refractivity contribution in [3.05, 3.63) is 0 Å². The van der Waals surface area contributed by atoms with Gasteiger partial charge in [0, 0.05) is 25.2 Å². The van der Waals surface area contributed by atoms with E-state index >= 15 is 0 Å². The van der Waals surface area contributed by atoms with Gasteiger partial charge in [-0.15, -0.1) is 0 Å². The zero-order valence-corrected chi connectivity index (χ0v) is 20.0. The third kappa shape index (κ3) is 6.11. The van der Waals surface area contributed by atoms with E-state index in [1.165, 1.54) is 0 Å². The zero-order chi connectivity index (χ0) is 26.2. The molecule has 15 heteroatoms. The largest absolute Gasteiger partial charge is 0.389 e. The van der Waals surface area contributed by atoms with Crippen LogP contribution in [0.3, 0.4) is 0 Å². The van der Waals surface area contributed by atoms with E-state index in [-0.39, 0.29) is 13.0 Å². The third-order valence-corrected chi connectivity index (χ3v) is 6.93. The second-order valence-electron chi connectivity index (χ2n) is 9.96. The van der Waals surface area contributed by atoms with Gasteiger partial charge in [0.25, 0.3) is 0 Å². The predicted octanol–water partition coefficient (Wildman–Crippen LogP) is -6.76. The van der Waals surface area contributed by atoms with Crippen LogP contribution in [0.4, 0.5) is 0 Å². The summed E-state index contributed by atoms with van der Waals surface area (Å²) in [5.41, 5.74) is 30.0. The van der Waals surface area contributed by atoms with Gasteiger partial charge in [0.2, 0.25) is 0 Å². The maximum atomic E-state index is 11.1. The molecule has 35 heavy (non-hydrogen) atoms. The fourth-order valence-corrected chi connectivity index (χ4v) is 4.81. The smallest absolute Gasteiger partial charge is 0.186 e. The first-order valence-corrected chi connectivity index (χ1v) is 11.8. The maximum absolute atomic E-state index is 11.1. The average molecular weight is 511 g/mol. The van der Waals surface area contributed by atoms with Crippen LogP contribution in [0.2, 0.25) is 0 Å². The highest BCUT2D eigenvalue weighted by Crippen LogP contribution is 2.31. The van der Waals surface area contributed by atoms with E-state index in [1.807, 2.05) is 0 Å². The van der Waals surface area contributed by atoms with E-state index in [9.17, 15) is 25.5 Å². The Morgan fingerprint density at radius 1 is 0.714 bits per heavy atom. The molecule has 0 unspecified atom stereocenters. The summed E-state index contributed by atoms with van der Waals surface area (Å²) in [6.07, 6.45) is -12.8. The molecule has 0 amide bonds.